The van der Waals surface area contributed by atoms with Gasteiger partial charge in [-0.15, -0.1) is 17.9 Å². The normalized spacial score (nSPS) is 10.5. The molecule has 0 aliphatic heterocycles. The molecule has 1 aromatic carbocycles. The largest absolute Gasteiger partial charge is 0.493 e. The van der Waals surface area contributed by atoms with E-state index in [1.165, 1.54) is 11.3 Å². The van der Waals surface area contributed by atoms with E-state index >= 15 is 0 Å². The van der Waals surface area contributed by atoms with Gasteiger partial charge in [-0.05, 0) is 18.1 Å². The molecule has 2 aromatic rings. The first-order chi connectivity index (χ1) is 10.6. The maximum Gasteiger partial charge on any atom is 0.271 e. The topological polar surface area (TPSA) is 51.2 Å². The number of nitrogens with one attached hydrogen (secondary N) is 1. The summed E-state index contributed by atoms with van der Waals surface area (Å²) < 4.78 is 5.84. The standard InChI is InChI=1S/C17H20N2O2S/c1-4-9-18-16(20)14-11-22-17(19-14)13-7-5-6-8-15(13)21-10-12(2)3/h4-8,11-12H,1,9-10H2,2-3H3,(H,18,20). The molecular formula is C17H20N2O2S. The van der Waals surface area contributed by atoms with Gasteiger partial charge in [-0.25, -0.2) is 4.98 Å². The smallest absolute Gasteiger partial charge is 0.271 e. The average molecular weight is 316 g/mol. The van der Waals surface area contributed by atoms with E-state index in [1.807, 2.05) is 24.3 Å². The molecule has 0 aliphatic carbocycles. The zero-order valence-electron chi connectivity index (χ0n) is 12.8. The molecule has 0 unspecified atom stereocenters. The molecule has 0 spiro atoms. The molecule has 0 bridgehead atoms. The third-order valence-electron chi connectivity index (χ3n) is 2.83. The van der Waals surface area contributed by atoms with Gasteiger partial charge in [-0.3, -0.25) is 4.79 Å². The van der Waals surface area contributed by atoms with Crippen molar-refractivity contribution in [1.82, 2.24) is 10.3 Å². The molecule has 22 heavy (non-hydrogen) atoms. The number of benzene rings is 1. The van der Waals surface area contributed by atoms with Crippen LogP contribution in [0.3, 0.4) is 0 Å². The van der Waals surface area contributed by atoms with E-state index < -0.39 is 0 Å². The molecule has 0 fully saturated rings. The van der Waals surface area contributed by atoms with Gasteiger partial charge in [0.1, 0.15) is 16.5 Å². The van der Waals surface area contributed by atoms with Crippen molar-refractivity contribution in [1.29, 1.82) is 0 Å². The van der Waals surface area contributed by atoms with Gasteiger partial charge in [0, 0.05) is 11.9 Å². The Morgan fingerprint density at radius 3 is 2.95 bits per heavy atom. The van der Waals surface area contributed by atoms with E-state index in [9.17, 15) is 4.79 Å². The molecule has 0 radical (unpaired) electrons. The number of amides is 1. The minimum Gasteiger partial charge on any atom is -0.493 e. The fourth-order valence-corrected chi connectivity index (χ4v) is 2.61. The summed E-state index contributed by atoms with van der Waals surface area (Å²) in [5.41, 5.74) is 1.33. The van der Waals surface area contributed by atoms with Gasteiger partial charge >= 0.3 is 0 Å². The summed E-state index contributed by atoms with van der Waals surface area (Å²) in [5, 5.41) is 5.26. The molecule has 0 saturated carbocycles. The first-order valence-electron chi connectivity index (χ1n) is 7.18. The van der Waals surface area contributed by atoms with Gasteiger partial charge in [0.15, 0.2) is 0 Å². The lowest BCUT2D eigenvalue weighted by atomic mass is 10.2. The van der Waals surface area contributed by atoms with Crippen LogP contribution in [0.2, 0.25) is 0 Å². The summed E-state index contributed by atoms with van der Waals surface area (Å²) in [4.78, 5) is 16.3. The quantitative estimate of drug-likeness (QED) is 0.791. The number of hydrogen-bond acceptors (Lipinski definition) is 4. The van der Waals surface area contributed by atoms with E-state index in [2.05, 4.69) is 30.7 Å². The molecule has 5 heteroatoms. The monoisotopic (exact) mass is 316 g/mol. The van der Waals surface area contributed by atoms with E-state index in [-0.39, 0.29) is 5.91 Å². The molecule has 116 valence electrons. The molecular weight excluding hydrogens is 296 g/mol. The third-order valence-corrected chi connectivity index (χ3v) is 3.71. The van der Waals surface area contributed by atoms with Gasteiger partial charge in [-0.2, -0.15) is 0 Å². The lowest BCUT2D eigenvalue weighted by Gasteiger charge is -2.11. The van der Waals surface area contributed by atoms with Crippen LogP contribution in [0, 0.1) is 5.92 Å². The van der Waals surface area contributed by atoms with Crippen LogP contribution >= 0.6 is 11.3 Å². The third kappa shape index (κ3) is 4.18. The minimum atomic E-state index is -0.192. The highest BCUT2D eigenvalue weighted by atomic mass is 32.1. The fraction of sp³-hybridized carbons (Fsp3) is 0.294. The molecule has 1 N–H and O–H groups in total. The average Bonchev–Trinajstić information content (AvgIpc) is 3.00. The zero-order valence-corrected chi connectivity index (χ0v) is 13.7. The van der Waals surface area contributed by atoms with E-state index in [4.69, 9.17) is 4.74 Å². The Kier molecular flexibility index (Phi) is 5.72. The Morgan fingerprint density at radius 2 is 2.23 bits per heavy atom. The minimum absolute atomic E-state index is 0.192. The molecule has 1 heterocycles. The molecule has 4 nitrogen and oxygen atoms in total. The van der Waals surface area contributed by atoms with Gasteiger partial charge in [0.2, 0.25) is 0 Å². The molecule has 0 saturated heterocycles. The van der Waals surface area contributed by atoms with Crippen molar-refractivity contribution in [3.05, 3.63) is 48.0 Å². The Labute approximate surface area is 134 Å². The number of para-hydroxylation sites is 1. The van der Waals surface area contributed by atoms with Crippen LogP contribution in [-0.2, 0) is 0 Å². The van der Waals surface area contributed by atoms with E-state index in [1.54, 1.807) is 11.5 Å². The molecule has 2 rings (SSSR count). The highest BCUT2D eigenvalue weighted by Gasteiger charge is 2.14. The molecule has 0 aliphatic rings. The van der Waals surface area contributed by atoms with Gasteiger partial charge < -0.3 is 10.1 Å². The maximum atomic E-state index is 11.9. The zero-order chi connectivity index (χ0) is 15.9. The number of rotatable bonds is 7. The number of hydrogen-bond donors (Lipinski definition) is 1. The van der Waals surface area contributed by atoms with Gasteiger partial charge in [-0.1, -0.05) is 32.1 Å². The van der Waals surface area contributed by atoms with Crippen molar-refractivity contribution < 1.29 is 9.53 Å². The van der Waals surface area contributed by atoms with Crippen molar-refractivity contribution >= 4 is 17.2 Å². The van der Waals surface area contributed by atoms with E-state index in [0.717, 1.165) is 16.3 Å². The number of carbonyl (C=O) groups excluding carboxylic acids is 1. The molecule has 1 aromatic heterocycles. The van der Waals surface area contributed by atoms with E-state index in [0.29, 0.717) is 24.8 Å². The predicted octanol–water partition coefficient (Wildman–Crippen LogP) is 3.76. The summed E-state index contributed by atoms with van der Waals surface area (Å²) in [5.74, 6) is 1.05. The van der Waals surface area contributed by atoms with Crippen molar-refractivity contribution in [2.45, 2.75) is 13.8 Å². The number of aromatic nitrogens is 1. The first kappa shape index (κ1) is 16.2. The summed E-state index contributed by atoms with van der Waals surface area (Å²) in [6.07, 6.45) is 1.64. The first-order valence-corrected chi connectivity index (χ1v) is 8.06. The number of nitrogens with zero attached hydrogens (tertiary/aromatic N) is 1. The second kappa shape index (κ2) is 7.75. The highest BCUT2D eigenvalue weighted by Crippen LogP contribution is 2.32. The lowest BCUT2D eigenvalue weighted by Crippen LogP contribution is -2.23. The van der Waals surface area contributed by atoms with Crippen LogP contribution in [0.4, 0.5) is 0 Å². The SMILES string of the molecule is C=CCNC(=O)c1csc(-c2ccccc2OCC(C)C)n1. The predicted molar refractivity (Wildman–Crippen MR) is 90.4 cm³/mol. The summed E-state index contributed by atoms with van der Waals surface area (Å²) in [6, 6.07) is 7.76. The lowest BCUT2D eigenvalue weighted by molar-refractivity contribution is 0.0954. The van der Waals surface area contributed by atoms with Crippen molar-refractivity contribution in [2.75, 3.05) is 13.2 Å². The van der Waals surface area contributed by atoms with Gasteiger partial charge in [0.25, 0.3) is 5.91 Å². The summed E-state index contributed by atoms with van der Waals surface area (Å²) in [7, 11) is 0. The fourth-order valence-electron chi connectivity index (χ4n) is 1.78. The van der Waals surface area contributed by atoms with Crippen LogP contribution in [0.5, 0.6) is 5.75 Å². The maximum absolute atomic E-state index is 11.9. The highest BCUT2D eigenvalue weighted by molar-refractivity contribution is 7.13. The van der Waals surface area contributed by atoms with Crippen LogP contribution in [-0.4, -0.2) is 24.0 Å². The Balaban J connectivity index is 2.20. The van der Waals surface area contributed by atoms with Crippen molar-refractivity contribution in [3.63, 3.8) is 0 Å². The van der Waals surface area contributed by atoms with Crippen LogP contribution in [0.15, 0.2) is 42.3 Å². The Morgan fingerprint density at radius 1 is 1.45 bits per heavy atom. The number of ether oxygens (including phenoxy) is 1. The van der Waals surface area contributed by atoms with Crippen molar-refractivity contribution in [2.24, 2.45) is 5.92 Å². The Hall–Kier alpha value is -2.14. The summed E-state index contributed by atoms with van der Waals surface area (Å²) >= 11 is 1.44. The Bertz CT molecular complexity index is 650. The van der Waals surface area contributed by atoms with Crippen molar-refractivity contribution in [3.8, 4) is 16.3 Å². The number of thiazole rings is 1. The van der Waals surface area contributed by atoms with Crippen LogP contribution in [0.1, 0.15) is 24.3 Å². The van der Waals surface area contributed by atoms with Crippen LogP contribution in [0.25, 0.3) is 10.6 Å². The molecule has 0 atom stereocenters. The number of carbonyl (C=O) groups is 1. The van der Waals surface area contributed by atoms with Gasteiger partial charge in [0.05, 0.1) is 12.2 Å². The second-order valence-corrected chi connectivity index (χ2v) is 6.10. The second-order valence-electron chi connectivity index (χ2n) is 5.24. The molecule has 1 amide bonds. The van der Waals surface area contributed by atoms with Crippen LogP contribution < -0.4 is 10.1 Å². The summed E-state index contributed by atoms with van der Waals surface area (Å²) in [6.45, 7) is 8.86.